The Balaban J connectivity index is 1.67. The monoisotopic (exact) mass is 329 g/mol. The molecule has 2 aliphatic rings. The number of ether oxygens (including phenoxy) is 1. The fraction of sp³-hybridized carbons (Fsp3) is 0.444. The number of carbonyl (C=O) groups excluding carboxylic acids is 1. The first-order valence-corrected chi connectivity index (χ1v) is 8.36. The second kappa shape index (κ2) is 7.15. The Bertz CT molecular complexity index is 646. The smallest absolute Gasteiger partial charge is 0.271 e. The van der Waals surface area contributed by atoms with Crippen molar-refractivity contribution in [3.05, 3.63) is 53.6 Å². The Hall–Kier alpha value is -2.18. The van der Waals surface area contributed by atoms with Gasteiger partial charge in [-0.3, -0.25) is 20.6 Å². The lowest BCUT2D eigenvalue weighted by Crippen LogP contribution is -3.12. The van der Waals surface area contributed by atoms with Crippen LogP contribution in [0.1, 0.15) is 30.6 Å². The van der Waals surface area contributed by atoms with E-state index in [1.807, 2.05) is 0 Å². The van der Waals surface area contributed by atoms with Gasteiger partial charge in [-0.05, 0) is 17.5 Å². The van der Waals surface area contributed by atoms with Crippen molar-refractivity contribution < 1.29 is 14.4 Å². The number of allylic oxidation sites excluding steroid dienone is 3. The summed E-state index contributed by atoms with van der Waals surface area (Å²) < 4.78 is 5.46. The normalized spacial score (nSPS) is 20.8. The molecule has 1 fully saturated rings. The van der Waals surface area contributed by atoms with Crippen molar-refractivity contribution in [3.63, 3.8) is 0 Å². The van der Waals surface area contributed by atoms with Gasteiger partial charge in [0.25, 0.3) is 5.91 Å². The van der Waals surface area contributed by atoms with Gasteiger partial charge in [0, 0.05) is 24.9 Å². The first-order chi connectivity index (χ1) is 11.5. The van der Waals surface area contributed by atoms with E-state index in [1.165, 1.54) is 10.6 Å². The third-order valence-electron chi connectivity index (χ3n) is 4.32. The predicted molar refractivity (Wildman–Crippen MR) is 90.9 cm³/mol. The molecule has 3 rings (SSSR count). The van der Waals surface area contributed by atoms with Gasteiger partial charge in [-0.1, -0.05) is 19.9 Å². The number of aromatic nitrogens is 1. The fourth-order valence-electron chi connectivity index (χ4n) is 3.18. The van der Waals surface area contributed by atoms with Gasteiger partial charge in [0.05, 0.1) is 24.5 Å². The van der Waals surface area contributed by atoms with Gasteiger partial charge >= 0.3 is 0 Å². The third kappa shape index (κ3) is 4.21. The molecule has 24 heavy (non-hydrogen) atoms. The Morgan fingerprint density at radius 3 is 2.83 bits per heavy atom. The summed E-state index contributed by atoms with van der Waals surface area (Å²) >= 11 is 0. The Morgan fingerprint density at radius 2 is 2.12 bits per heavy atom. The number of hydrogen-bond acceptors (Lipinski definition) is 4. The first kappa shape index (κ1) is 16.7. The molecule has 1 amide bonds. The molecule has 2 heterocycles. The summed E-state index contributed by atoms with van der Waals surface area (Å²) in [5.74, 6) is -0.193. The first-order valence-electron chi connectivity index (χ1n) is 8.36. The molecule has 0 atom stereocenters. The third-order valence-corrected chi connectivity index (χ3v) is 4.32. The number of nitrogens with zero attached hydrogens (tertiary/aromatic N) is 1. The van der Waals surface area contributed by atoms with Crippen molar-refractivity contribution in [2.45, 2.75) is 20.3 Å². The zero-order chi connectivity index (χ0) is 17.0. The highest BCUT2D eigenvalue weighted by Gasteiger charge is 2.29. The number of hydrazine groups is 1. The summed E-state index contributed by atoms with van der Waals surface area (Å²) in [7, 11) is 0. The van der Waals surface area contributed by atoms with Crippen LogP contribution in [-0.4, -0.2) is 37.2 Å². The molecule has 0 spiro atoms. The van der Waals surface area contributed by atoms with E-state index in [2.05, 4.69) is 41.8 Å². The van der Waals surface area contributed by atoms with Gasteiger partial charge in [0.1, 0.15) is 18.8 Å². The highest BCUT2D eigenvalue weighted by molar-refractivity contribution is 5.93. The molecule has 0 aromatic carbocycles. The average molecular weight is 329 g/mol. The maximum absolute atomic E-state index is 12.1. The molecule has 128 valence electrons. The summed E-state index contributed by atoms with van der Waals surface area (Å²) in [4.78, 5) is 17.6. The minimum absolute atomic E-state index is 0.0523. The fourth-order valence-corrected chi connectivity index (χ4v) is 3.18. The predicted octanol–water partition coefficient (Wildman–Crippen LogP) is 0.429. The topological polar surface area (TPSA) is 67.7 Å². The van der Waals surface area contributed by atoms with Crippen molar-refractivity contribution in [2.24, 2.45) is 5.41 Å². The molecule has 1 aromatic rings. The maximum Gasteiger partial charge on any atom is 0.271 e. The van der Waals surface area contributed by atoms with Crippen molar-refractivity contribution in [2.75, 3.05) is 26.3 Å². The zero-order valence-corrected chi connectivity index (χ0v) is 14.3. The van der Waals surface area contributed by atoms with Gasteiger partial charge in [-0.15, -0.1) is 0 Å². The van der Waals surface area contributed by atoms with Crippen molar-refractivity contribution >= 4 is 5.91 Å². The van der Waals surface area contributed by atoms with Crippen LogP contribution in [0.2, 0.25) is 0 Å². The molecule has 6 nitrogen and oxygen atoms in total. The van der Waals surface area contributed by atoms with E-state index in [0.717, 1.165) is 38.4 Å². The lowest BCUT2D eigenvalue weighted by atomic mass is 9.83. The molecular formula is C18H25N4O2+. The molecule has 3 N–H and O–H groups in total. The Morgan fingerprint density at radius 1 is 1.33 bits per heavy atom. The van der Waals surface area contributed by atoms with Gasteiger partial charge in [-0.2, -0.15) is 0 Å². The summed E-state index contributed by atoms with van der Waals surface area (Å²) in [5, 5.41) is 0. The highest BCUT2D eigenvalue weighted by atomic mass is 16.5. The summed E-state index contributed by atoms with van der Waals surface area (Å²) in [5.41, 5.74) is 8.69. The molecule has 0 unspecified atom stereocenters. The largest absolute Gasteiger partial charge is 0.370 e. The molecule has 1 aromatic heterocycles. The van der Waals surface area contributed by atoms with Crippen LogP contribution in [0.15, 0.2) is 48.1 Å². The summed E-state index contributed by atoms with van der Waals surface area (Å²) in [6.07, 6.45) is 8.53. The maximum atomic E-state index is 12.1. The number of hydrogen-bond donors (Lipinski definition) is 3. The molecule has 6 heteroatoms. The van der Waals surface area contributed by atoms with Crippen LogP contribution in [0.25, 0.3) is 0 Å². The number of quaternary nitrogens is 1. The van der Waals surface area contributed by atoms with Crippen LogP contribution >= 0.6 is 0 Å². The van der Waals surface area contributed by atoms with Crippen LogP contribution < -0.4 is 15.8 Å². The molecule has 1 saturated heterocycles. The van der Waals surface area contributed by atoms with Crippen molar-refractivity contribution in [1.29, 1.82) is 0 Å². The van der Waals surface area contributed by atoms with Crippen LogP contribution in [-0.2, 0) is 4.74 Å². The van der Waals surface area contributed by atoms with Crippen LogP contribution in [0.3, 0.4) is 0 Å². The number of amides is 1. The van der Waals surface area contributed by atoms with E-state index in [-0.39, 0.29) is 11.3 Å². The van der Waals surface area contributed by atoms with E-state index in [9.17, 15) is 4.79 Å². The van der Waals surface area contributed by atoms with E-state index < -0.39 is 0 Å². The Kier molecular flexibility index (Phi) is 4.97. The molecule has 0 saturated carbocycles. The molecule has 1 aliphatic heterocycles. The minimum Gasteiger partial charge on any atom is -0.370 e. The van der Waals surface area contributed by atoms with Gasteiger partial charge in [0.15, 0.2) is 0 Å². The minimum atomic E-state index is -0.193. The number of rotatable bonds is 4. The SMILES string of the molecule is CC1(C)C=C(NNC(=O)c2cccnc2)C=C([NH+]2CCOCC2)C1. The number of carbonyl (C=O) groups is 1. The van der Waals surface area contributed by atoms with Crippen LogP contribution in [0, 0.1) is 5.41 Å². The second-order valence-electron chi connectivity index (χ2n) is 6.97. The van der Waals surface area contributed by atoms with E-state index >= 15 is 0 Å². The van der Waals surface area contributed by atoms with Crippen LogP contribution in [0.5, 0.6) is 0 Å². The van der Waals surface area contributed by atoms with Gasteiger partial charge in [0.2, 0.25) is 0 Å². The number of nitrogens with one attached hydrogen (secondary N) is 3. The average Bonchev–Trinajstić information content (AvgIpc) is 2.60. The zero-order valence-electron chi connectivity index (χ0n) is 14.3. The quantitative estimate of drug-likeness (QED) is 0.701. The Labute approximate surface area is 142 Å². The number of pyridine rings is 1. The van der Waals surface area contributed by atoms with Crippen LogP contribution in [0.4, 0.5) is 0 Å². The lowest BCUT2D eigenvalue weighted by molar-refractivity contribution is -0.871. The highest BCUT2D eigenvalue weighted by Crippen LogP contribution is 2.30. The van der Waals surface area contributed by atoms with Gasteiger partial charge < -0.3 is 9.64 Å². The van der Waals surface area contributed by atoms with E-state index in [1.54, 1.807) is 24.5 Å². The lowest BCUT2D eigenvalue weighted by Gasteiger charge is -2.33. The van der Waals surface area contributed by atoms with Gasteiger partial charge in [-0.25, -0.2) is 0 Å². The van der Waals surface area contributed by atoms with Crippen molar-refractivity contribution in [3.8, 4) is 0 Å². The second-order valence-corrected chi connectivity index (χ2v) is 6.97. The molecule has 0 radical (unpaired) electrons. The molecule has 0 bridgehead atoms. The molecule has 1 aliphatic carbocycles. The molecular weight excluding hydrogens is 304 g/mol. The number of morpholine rings is 1. The summed E-state index contributed by atoms with van der Waals surface area (Å²) in [6.45, 7) is 8.03. The van der Waals surface area contributed by atoms with E-state index in [4.69, 9.17) is 4.74 Å². The van der Waals surface area contributed by atoms with E-state index in [0.29, 0.717) is 5.56 Å². The standard InChI is InChI=1S/C18H24N4O2/c1-18(2)11-15(10-16(12-18)22-6-8-24-9-7-22)20-21-17(23)14-4-3-5-19-13-14/h3-5,10-11,13,20H,6-9,12H2,1-2H3,(H,21,23)/p+1. The van der Waals surface area contributed by atoms with Crippen molar-refractivity contribution in [1.82, 2.24) is 15.8 Å². The summed E-state index contributed by atoms with van der Waals surface area (Å²) in [6, 6.07) is 3.49.